The number of nitrogen functional groups attached to an aromatic ring is 1. The fourth-order valence-electron chi connectivity index (χ4n) is 1.60. The Morgan fingerprint density at radius 3 is 2.65 bits per heavy atom. The molecule has 0 atom stereocenters. The van der Waals surface area contributed by atoms with Gasteiger partial charge in [-0.05, 0) is 17.7 Å². The van der Waals surface area contributed by atoms with Crippen LogP contribution in [0.1, 0.15) is 5.56 Å². The highest BCUT2D eigenvalue weighted by molar-refractivity contribution is 5.55. The number of nitrogens with two attached hydrogens (primary N) is 1. The van der Waals surface area contributed by atoms with Gasteiger partial charge in [-0.3, -0.25) is 0 Å². The van der Waals surface area contributed by atoms with Crippen molar-refractivity contribution in [2.75, 3.05) is 12.5 Å². The zero-order valence-electron chi connectivity index (χ0n) is 10.8. The number of nitrogens with zero attached hydrogens (tertiary/aromatic N) is 3. The molecule has 7 nitrogen and oxygen atoms in total. The lowest BCUT2D eigenvalue weighted by Gasteiger charge is -2.11. The molecule has 0 saturated carbocycles. The molecule has 0 radical (unpaired) electrons. The number of benzene rings is 1. The number of methoxy groups -OCH3 is 1. The first kappa shape index (κ1) is 13.6. The van der Waals surface area contributed by atoms with Crippen molar-refractivity contribution in [2.45, 2.75) is 6.42 Å². The van der Waals surface area contributed by atoms with E-state index < -0.39 is 0 Å². The van der Waals surface area contributed by atoms with Crippen molar-refractivity contribution in [1.82, 2.24) is 9.97 Å². The van der Waals surface area contributed by atoms with Gasteiger partial charge in [-0.15, -0.1) is 0 Å². The monoisotopic (exact) mass is 271 g/mol. The van der Waals surface area contributed by atoms with Crippen molar-refractivity contribution in [2.24, 2.45) is 5.84 Å². The molecule has 0 aliphatic heterocycles. The Balaban J connectivity index is 2.23. The molecule has 0 unspecified atom stereocenters. The van der Waals surface area contributed by atoms with Crippen molar-refractivity contribution >= 4 is 5.82 Å². The molecule has 20 heavy (non-hydrogen) atoms. The second kappa shape index (κ2) is 6.36. The first-order valence-electron chi connectivity index (χ1n) is 5.77. The van der Waals surface area contributed by atoms with Gasteiger partial charge in [0, 0.05) is 0 Å². The number of rotatable bonds is 5. The van der Waals surface area contributed by atoms with Crippen molar-refractivity contribution in [3.63, 3.8) is 0 Å². The molecule has 0 aliphatic carbocycles. The van der Waals surface area contributed by atoms with Crippen LogP contribution in [-0.4, -0.2) is 17.1 Å². The minimum absolute atomic E-state index is 0.253. The Morgan fingerprint density at radius 1 is 1.30 bits per heavy atom. The number of aromatic nitrogens is 2. The van der Waals surface area contributed by atoms with E-state index in [1.807, 2.05) is 12.1 Å². The molecule has 0 fully saturated rings. The first-order chi connectivity index (χ1) is 9.78. The molecule has 0 bridgehead atoms. The summed E-state index contributed by atoms with van der Waals surface area (Å²) in [7, 11) is 1.47. The molecular formula is C13H13N5O2. The molecule has 0 amide bonds. The predicted octanol–water partition coefficient (Wildman–Crippen LogP) is 1.63. The zero-order chi connectivity index (χ0) is 14.4. The third-order valence-corrected chi connectivity index (χ3v) is 2.53. The third kappa shape index (κ3) is 2.93. The number of nitrogens with one attached hydrogen (secondary N) is 1. The fraction of sp³-hybridized carbons (Fsp3) is 0.154. The summed E-state index contributed by atoms with van der Waals surface area (Å²) in [5.41, 5.74) is 3.32. The molecule has 102 valence electrons. The highest BCUT2D eigenvalue weighted by Gasteiger charge is 2.13. The number of hydrazine groups is 1. The average molecular weight is 271 g/mol. The maximum Gasteiger partial charge on any atom is 0.268 e. The first-order valence-corrected chi connectivity index (χ1v) is 5.77. The topological polar surface area (TPSA) is 106 Å². The van der Waals surface area contributed by atoms with Crippen LogP contribution in [-0.2, 0) is 6.42 Å². The van der Waals surface area contributed by atoms with Gasteiger partial charge >= 0.3 is 0 Å². The van der Waals surface area contributed by atoms with E-state index in [1.165, 1.54) is 13.4 Å². The van der Waals surface area contributed by atoms with Crippen molar-refractivity contribution in [1.29, 1.82) is 5.26 Å². The summed E-state index contributed by atoms with van der Waals surface area (Å²) >= 11 is 0. The van der Waals surface area contributed by atoms with E-state index in [2.05, 4.69) is 21.5 Å². The van der Waals surface area contributed by atoms with Crippen LogP contribution in [0.15, 0.2) is 30.6 Å². The Kier molecular flexibility index (Phi) is 4.32. The largest absolute Gasteiger partial charge is 0.489 e. The molecule has 0 saturated heterocycles. The van der Waals surface area contributed by atoms with Crippen molar-refractivity contribution < 1.29 is 9.47 Å². The molecule has 1 heterocycles. The molecule has 0 spiro atoms. The second-order valence-electron chi connectivity index (χ2n) is 3.79. The van der Waals surface area contributed by atoms with E-state index >= 15 is 0 Å². The van der Waals surface area contributed by atoms with Crippen LogP contribution in [0.25, 0.3) is 0 Å². The Hall–Kier alpha value is -2.85. The lowest BCUT2D eigenvalue weighted by Crippen LogP contribution is -2.10. The van der Waals surface area contributed by atoms with Gasteiger partial charge in [0.2, 0.25) is 5.75 Å². The third-order valence-electron chi connectivity index (χ3n) is 2.53. The number of hydrogen-bond acceptors (Lipinski definition) is 7. The predicted molar refractivity (Wildman–Crippen MR) is 72.2 cm³/mol. The van der Waals surface area contributed by atoms with Crippen molar-refractivity contribution in [3.8, 4) is 23.4 Å². The van der Waals surface area contributed by atoms with Gasteiger partial charge in [0.25, 0.3) is 5.88 Å². The van der Waals surface area contributed by atoms with E-state index in [9.17, 15) is 0 Å². The van der Waals surface area contributed by atoms with Gasteiger partial charge in [-0.25, -0.2) is 10.8 Å². The highest BCUT2D eigenvalue weighted by Crippen LogP contribution is 2.33. The van der Waals surface area contributed by atoms with Crippen LogP contribution in [0.4, 0.5) is 5.82 Å². The minimum Gasteiger partial charge on any atom is -0.489 e. The van der Waals surface area contributed by atoms with Gasteiger partial charge in [-0.2, -0.15) is 10.2 Å². The summed E-state index contributed by atoms with van der Waals surface area (Å²) in [6.45, 7) is 0. The summed E-state index contributed by atoms with van der Waals surface area (Å²) in [5.74, 6) is 6.81. The van der Waals surface area contributed by atoms with Crippen molar-refractivity contribution in [3.05, 3.63) is 36.2 Å². The van der Waals surface area contributed by atoms with Crippen LogP contribution < -0.4 is 20.7 Å². The van der Waals surface area contributed by atoms with Gasteiger partial charge in [0.05, 0.1) is 19.6 Å². The average Bonchev–Trinajstić information content (AvgIpc) is 2.49. The smallest absolute Gasteiger partial charge is 0.268 e. The highest BCUT2D eigenvalue weighted by atomic mass is 16.5. The summed E-state index contributed by atoms with van der Waals surface area (Å²) < 4.78 is 10.8. The minimum atomic E-state index is 0.253. The SMILES string of the molecule is COc1c(NN)ncnc1Oc1ccc(CC#N)cc1. The van der Waals surface area contributed by atoms with Crippen LogP contribution in [0.2, 0.25) is 0 Å². The quantitative estimate of drug-likeness (QED) is 0.628. The molecule has 7 heteroatoms. The fourth-order valence-corrected chi connectivity index (χ4v) is 1.60. The lowest BCUT2D eigenvalue weighted by molar-refractivity contribution is 0.369. The number of nitriles is 1. The van der Waals surface area contributed by atoms with E-state index in [0.717, 1.165) is 5.56 Å². The van der Waals surface area contributed by atoms with E-state index in [-0.39, 0.29) is 5.88 Å². The molecule has 1 aromatic carbocycles. The maximum absolute atomic E-state index is 8.62. The zero-order valence-corrected chi connectivity index (χ0v) is 10.8. The second-order valence-corrected chi connectivity index (χ2v) is 3.79. The maximum atomic E-state index is 8.62. The Morgan fingerprint density at radius 2 is 2.05 bits per heavy atom. The standard InChI is InChI=1S/C13H13N5O2/c1-19-11-12(18-15)16-8-17-13(11)20-10-4-2-9(3-5-10)6-7-14/h2-5,8H,6,15H2,1H3,(H,16,17,18). The van der Waals surface area contributed by atoms with E-state index in [0.29, 0.717) is 23.7 Å². The summed E-state index contributed by atoms with van der Waals surface area (Å²) in [4.78, 5) is 7.93. The van der Waals surface area contributed by atoms with Crippen LogP contribution in [0.3, 0.4) is 0 Å². The number of anilines is 1. The Labute approximate surface area is 116 Å². The van der Waals surface area contributed by atoms with Gasteiger partial charge in [-0.1, -0.05) is 12.1 Å². The molecule has 2 rings (SSSR count). The summed E-state index contributed by atoms with van der Waals surface area (Å²) in [6, 6.07) is 9.22. The molecule has 1 aromatic heterocycles. The number of ether oxygens (including phenoxy) is 2. The lowest BCUT2D eigenvalue weighted by atomic mass is 10.2. The van der Waals surface area contributed by atoms with Crippen LogP contribution in [0, 0.1) is 11.3 Å². The molecule has 0 aliphatic rings. The van der Waals surface area contributed by atoms with Gasteiger partial charge in [0.1, 0.15) is 12.1 Å². The van der Waals surface area contributed by atoms with Crippen LogP contribution in [0.5, 0.6) is 17.4 Å². The van der Waals surface area contributed by atoms with E-state index in [1.54, 1.807) is 12.1 Å². The molecular weight excluding hydrogens is 258 g/mol. The normalized spacial score (nSPS) is 9.65. The van der Waals surface area contributed by atoms with Gasteiger partial charge in [0.15, 0.2) is 5.82 Å². The van der Waals surface area contributed by atoms with E-state index in [4.69, 9.17) is 20.6 Å². The van der Waals surface area contributed by atoms with Crippen LogP contribution >= 0.6 is 0 Å². The number of hydrogen-bond donors (Lipinski definition) is 2. The summed E-state index contributed by atoms with van der Waals surface area (Å²) in [6.07, 6.45) is 1.68. The summed E-state index contributed by atoms with van der Waals surface area (Å²) in [5, 5.41) is 8.62. The van der Waals surface area contributed by atoms with Gasteiger partial charge < -0.3 is 14.9 Å². The molecule has 3 N–H and O–H groups in total. The molecule has 2 aromatic rings. The Bertz CT molecular complexity index is 622.